The topological polar surface area (TPSA) is 93.4 Å². The summed E-state index contributed by atoms with van der Waals surface area (Å²) in [6.45, 7) is 0.631. The number of benzene rings is 1. The molecule has 0 unspecified atom stereocenters. The second-order valence-electron chi connectivity index (χ2n) is 4.46. The maximum atomic E-state index is 11.9. The summed E-state index contributed by atoms with van der Waals surface area (Å²) in [6.07, 6.45) is -0.449. The maximum absolute atomic E-state index is 11.9. The molecule has 1 amide bonds. The number of amides is 1. The zero-order chi connectivity index (χ0) is 14.1. The molecule has 1 aromatic carbocycles. The summed E-state index contributed by atoms with van der Waals surface area (Å²) in [6, 6.07) is 7.07. The summed E-state index contributed by atoms with van der Waals surface area (Å²) in [5.74, 6) is 0.419. The van der Waals surface area contributed by atoms with Crippen LogP contribution >= 0.6 is 0 Å². The Kier molecular flexibility index (Phi) is 3.07. The SMILES string of the molecule is COc1ccc(-n2nnc(C(=O)N3CC(O)C3)n2)cc1. The first-order chi connectivity index (χ1) is 9.67. The summed E-state index contributed by atoms with van der Waals surface area (Å²) in [5.41, 5.74) is 0.681. The third kappa shape index (κ3) is 2.21. The van der Waals surface area contributed by atoms with E-state index < -0.39 is 6.10 Å². The predicted molar refractivity (Wildman–Crippen MR) is 67.6 cm³/mol. The van der Waals surface area contributed by atoms with Crippen LogP contribution in [0.4, 0.5) is 0 Å². The van der Waals surface area contributed by atoms with Gasteiger partial charge < -0.3 is 14.7 Å². The lowest BCUT2D eigenvalue weighted by atomic mass is 10.2. The van der Waals surface area contributed by atoms with Gasteiger partial charge in [0.2, 0.25) is 0 Å². The van der Waals surface area contributed by atoms with Crippen molar-refractivity contribution >= 4 is 5.91 Å². The quantitative estimate of drug-likeness (QED) is 0.810. The van der Waals surface area contributed by atoms with Crippen LogP contribution in [0.25, 0.3) is 5.69 Å². The van der Waals surface area contributed by atoms with Gasteiger partial charge in [-0.1, -0.05) is 0 Å². The summed E-state index contributed by atoms with van der Waals surface area (Å²) in [7, 11) is 1.58. The Balaban J connectivity index is 1.77. The third-order valence-electron chi connectivity index (χ3n) is 3.06. The van der Waals surface area contributed by atoms with Crippen molar-refractivity contribution in [2.75, 3.05) is 20.2 Å². The van der Waals surface area contributed by atoms with E-state index in [4.69, 9.17) is 4.74 Å². The summed E-state index contributed by atoms with van der Waals surface area (Å²) in [4.78, 5) is 14.7. The van der Waals surface area contributed by atoms with Gasteiger partial charge in [-0.25, -0.2) is 0 Å². The van der Waals surface area contributed by atoms with Crippen LogP contribution in [0, 0.1) is 0 Å². The fourth-order valence-electron chi connectivity index (χ4n) is 1.89. The van der Waals surface area contributed by atoms with E-state index in [0.717, 1.165) is 5.75 Å². The number of hydrogen-bond donors (Lipinski definition) is 1. The Hall–Kier alpha value is -2.48. The van der Waals surface area contributed by atoms with Crippen molar-refractivity contribution in [3.63, 3.8) is 0 Å². The predicted octanol–water partition coefficient (Wildman–Crippen LogP) is -0.512. The molecule has 1 aliphatic heterocycles. The molecule has 0 radical (unpaired) electrons. The molecule has 8 nitrogen and oxygen atoms in total. The molecule has 1 aliphatic rings. The van der Waals surface area contributed by atoms with Crippen LogP contribution in [-0.4, -0.2) is 62.4 Å². The molecule has 0 saturated carbocycles. The van der Waals surface area contributed by atoms with Gasteiger partial charge in [-0.15, -0.1) is 15.0 Å². The van der Waals surface area contributed by atoms with E-state index in [9.17, 15) is 9.90 Å². The molecule has 2 heterocycles. The normalized spacial score (nSPS) is 15.0. The van der Waals surface area contributed by atoms with Crippen LogP contribution < -0.4 is 4.74 Å². The highest BCUT2D eigenvalue weighted by Gasteiger charge is 2.31. The van der Waals surface area contributed by atoms with E-state index in [1.165, 1.54) is 9.70 Å². The standard InChI is InChI=1S/C12H13N5O3/c1-20-10-4-2-8(3-5-10)17-14-11(13-15-17)12(19)16-6-9(18)7-16/h2-5,9,18H,6-7H2,1H3. The lowest BCUT2D eigenvalue weighted by molar-refractivity contribution is 0.00506. The third-order valence-corrected chi connectivity index (χ3v) is 3.06. The molecule has 104 valence electrons. The number of tetrazole rings is 1. The van der Waals surface area contributed by atoms with E-state index in [1.54, 1.807) is 31.4 Å². The highest BCUT2D eigenvalue weighted by atomic mass is 16.5. The van der Waals surface area contributed by atoms with Crippen LogP contribution in [-0.2, 0) is 0 Å². The molecule has 20 heavy (non-hydrogen) atoms. The first kappa shape index (κ1) is 12.5. The highest BCUT2D eigenvalue weighted by molar-refractivity contribution is 5.90. The van der Waals surface area contributed by atoms with E-state index >= 15 is 0 Å². The Labute approximate surface area is 114 Å². The van der Waals surface area contributed by atoms with Crippen molar-refractivity contribution in [2.24, 2.45) is 0 Å². The molecule has 0 atom stereocenters. The highest BCUT2D eigenvalue weighted by Crippen LogP contribution is 2.14. The molecular formula is C12H13N5O3. The molecule has 1 fully saturated rings. The number of ether oxygens (including phenoxy) is 1. The van der Waals surface area contributed by atoms with Crippen LogP contribution in [0.5, 0.6) is 5.75 Å². The van der Waals surface area contributed by atoms with Gasteiger partial charge in [-0.3, -0.25) is 4.79 Å². The Morgan fingerprint density at radius 1 is 1.35 bits per heavy atom. The Morgan fingerprint density at radius 2 is 2.05 bits per heavy atom. The van der Waals surface area contributed by atoms with Gasteiger partial charge in [0.15, 0.2) is 0 Å². The fourth-order valence-corrected chi connectivity index (χ4v) is 1.89. The minimum absolute atomic E-state index is 0.0210. The van der Waals surface area contributed by atoms with Crippen molar-refractivity contribution in [1.82, 2.24) is 25.1 Å². The fraction of sp³-hybridized carbons (Fsp3) is 0.333. The smallest absolute Gasteiger partial charge is 0.295 e. The second kappa shape index (κ2) is 4.89. The number of methoxy groups -OCH3 is 1. The number of nitrogens with zero attached hydrogens (tertiary/aromatic N) is 5. The first-order valence-corrected chi connectivity index (χ1v) is 6.09. The minimum Gasteiger partial charge on any atom is -0.497 e. The lowest BCUT2D eigenvalue weighted by Crippen LogP contribution is -2.53. The van der Waals surface area contributed by atoms with Crippen LogP contribution in [0.2, 0.25) is 0 Å². The lowest BCUT2D eigenvalue weighted by Gasteiger charge is -2.34. The molecule has 1 saturated heterocycles. The molecule has 1 aromatic heterocycles. The van der Waals surface area contributed by atoms with Crippen molar-refractivity contribution in [3.8, 4) is 11.4 Å². The Morgan fingerprint density at radius 3 is 2.65 bits per heavy atom. The zero-order valence-corrected chi connectivity index (χ0v) is 10.8. The average Bonchev–Trinajstić information content (AvgIpc) is 2.93. The summed E-state index contributed by atoms with van der Waals surface area (Å²) >= 11 is 0. The molecule has 8 heteroatoms. The van der Waals surface area contributed by atoms with Gasteiger partial charge in [-0.2, -0.15) is 0 Å². The number of hydrogen-bond acceptors (Lipinski definition) is 6. The number of aliphatic hydroxyl groups is 1. The number of carbonyl (C=O) groups is 1. The first-order valence-electron chi connectivity index (χ1n) is 6.09. The molecule has 1 N–H and O–H groups in total. The van der Waals surface area contributed by atoms with E-state index in [2.05, 4.69) is 15.4 Å². The summed E-state index contributed by atoms with van der Waals surface area (Å²) < 4.78 is 5.06. The number of likely N-dealkylation sites (tertiary alicyclic amines) is 1. The number of carbonyl (C=O) groups excluding carboxylic acids is 1. The molecule has 3 rings (SSSR count). The molecule has 0 bridgehead atoms. The number of aliphatic hydroxyl groups excluding tert-OH is 1. The van der Waals surface area contributed by atoms with Crippen molar-refractivity contribution in [3.05, 3.63) is 30.1 Å². The van der Waals surface area contributed by atoms with Gasteiger partial charge in [0.1, 0.15) is 5.75 Å². The van der Waals surface area contributed by atoms with Crippen LogP contribution in [0.3, 0.4) is 0 Å². The maximum Gasteiger partial charge on any atom is 0.295 e. The van der Waals surface area contributed by atoms with E-state index in [0.29, 0.717) is 18.8 Å². The average molecular weight is 275 g/mol. The van der Waals surface area contributed by atoms with Gasteiger partial charge in [0, 0.05) is 13.1 Å². The van der Waals surface area contributed by atoms with Gasteiger partial charge in [0.25, 0.3) is 11.7 Å². The van der Waals surface area contributed by atoms with Crippen LogP contribution in [0.15, 0.2) is 24.3 Å². The number of β-amino-alcohol motifs (C(OH)–C–C–N with tert-alkyl or cyclic N) is 1. The zero-order valence-electron chi connectivity index (χ0n) is 10.8. The second-order valence-corrected chi connectivity index (χ2v) is 4.46. The molecule has 2 aromatic rings. The largest absolute Gasteiger partial charge is 0.497 e. The minimum atomic E-state index is -0.449. The molecule has 0 aliphatic carbocycles. The van der Waals surface area contributed by atoms with E-state index in [1.807, 2.05) is 0 Å². The molecular weight excluding hydrogens is 262 g/mol. The van der Waals surface area contributed by atoms with E-state index in [-0.39, 0.29) is 11.7 Å². The van der Waals surface area contributed by atoms with Crippen molar-refractivity contribution < 1.29 is 14.6 Å². The molecule has 0 spiro atoms. The number of aromatic nitrogens is 4. The van der Waals surface area contributed by atoms with Gasteiger partial charge in [-0.05, 0) is 29.5 Å². The monoisotopic (exact) mass is 275 g/mol. The number of rotatable bonds is 3. The van der Waals surface area contributed by atoms with Crippen molar-refractivity contribution in [2.45, 2.75) is 6.10 Å². The van der Waals surface area contributed by atoms with Crippen molar-refractivity contribution in [1.29, 1.82) is 0 Å². The van der Waals surface area contributed by atoms with Gasteiger partial charge in [0.05, 0.1) is 18.9 Å². The van der Waals surface area contributed by atoms with Gasteiger partial charge >= 0.3 is 0 Å². The Bertz CT molecular complexity index is 618. The summed E-state index contributed by atoms with van der Waals surface area (Å²) in [5, 5.41) is 20.8. The van der Waals surface area contributed by atoms with Crippen LogP contribution in [0.1, 0.15) is 10.6 Å².